The molecule has 4 rings (SSSR count). The number of hydrogen-bond donors (Lipinski definition) is 2. The van der Waals surface area contributed by atoms with E-state index < -0.39 is 0 Å². The number of rotatable bonds is 4. The topological polar surface area (TPSA) is 87.2 Å². The number of aromatic nitrogens is 2. The maximum Gasteiger partial charge on any atom is 0.274 e. The van der Waals surface area contributed by atoms with Crippen molar-refractivity contribution in [3.63, 3.8) is 0 Å². The highest BCUT2D eigenvalue weighted by molar-refractivity contribution is 6.03. The summed E-state index contributed by atoms with van der Waals surface area (Å²) in [5.41, 5.74) is 3.96. The van der Waals surface area contributed by atoms with Crippen LogP contribution in [0.25, 0.3) is 0 Å². The van der Waals surface area contributed by atoms with Crippen LogP contribution in [0.3, 0.4) is 0 Å². The zero-order valence-corrected chi connectivity index (χ0v) is 15.3. The van der Waals surface area contributed by atoms with Gasteiger partial charge in [0.2, 0.25) is 5.91 Å². The predicted octanol–water partition coefficient (Wildman–Crippen LogP) is 3.38. The van der Waals surface area contributed by atoms with E-state index in [4.69, 9.17) is 0 Å². The Bertz CT molecular complexity index is 1030. The molecule has 0 saturated carbocycles. The van der Waals surface area contributed by atoms with E-state index in [1.54, 1.807) is 30.3 Å². The van der Waals surface area contributed by atoms with Crippen molar-refractivity contribution in [3.05, 3.63) is 72.2 Å². The molecule has 0 saturated heterocycles. The molecule has 2 aromatic carbocycles. The van der Waals surface area contributed by atoms with Crippen molar-refractivity contribution >= 4 is 34.7 Å². The molecule has 1 aromatic heterocycles. The molecule has 140 valence electrons. The molecular formula is C21H19N5O2. The third-order valence-electron chi connectivity index (χ3n) is 4.51. The van der Waals surface area contributed by atoms with Crippen LogP contribution in [-0.4, -0.2) is 28.3 Å². The van der Waals surface area contributed by atoms with Crippen LogP contribution in [-0.2, 0) is 11.2 Å². The van der Waals surface area contributed by atoms with Gasteiger partial charge in [0.05, 0.1) is 0 Å². The van der Waals surface area contributed by atoms with Gasteiger partial charge in [-0.1, -0.05) is 18.2 Å². The Balaban J connectivity index is 1.50. The molecule has 0 radical (unpaired) electrons. The molecule has 7 heteroatoms. The Labute approximate surface area is 162 Å². The van der Waals surface area contributed by atoms with Crippen LogP contribution < -0.4 is 15.5 Å². The Hall–Kier alpha value is -3.74. The molecule has 2 heterocycles. The standard InChI is InChI=1S/C21H19N5O2/c1-14(27)24-16-6-8-17(9-7-16)25-21(28)18-12-20(23-13-22-18)26-11-10-15-4-2-3-5-19(15)26/h2-9,12-13H,10-11H2,1H3,(H,24,27)(H,25,28). The summed E-state index contributed by atoms with van der Waals surface area (Å²) >= 11 is 0. The number of fused-ring (bicyclic) bond motifs is 1. The fourth-order valence-electron chi connectivity index (χ4n) is 3.23. The molecule has 0 atom stereocenters. The first-order valence-corrected chi connectivity index (χ1v) is 8.96. The molecule has 7 nitrogen and oxygen atoms in total. The third kappa shape index (κ3) is 3.68. The fraction of sp³-hybridized carbons (Fsp3) is 0.143. The summed E-state index contributed by atoms with van der Waals surface area (Å²) in [5, 5.41) is 5.50. The van der Waals surface area contributed by atoms with Crippen molar-refractivity contribution in [2.75, 3.05) is 22.1 Å². The molecule has 28 heavy (non-hydrogen) atoms. The van der Waals surface area contributed by atoms with Crippen molar-refractivity contribution in [1.82, 2.24) is 9.97 Å². The molecule has 0 bridgehead atoms. The lowest BCUT2D eigenvalue weighted by molar-refractivity contribution is -0.114. The van der Waals surface area contributed by atoms with Gasteiger partial charge in [-0.15, -0.1) is 0 Å². The van der Waals surface area contributed by atoms with E-state index in [0.29, 0.717) is 22.9 Å². The van der Waals surface area contributed by atoms with Crippen molar-refractivity contribution in [3.8, 4) is 0 Å². The number of para-hydroxylation sites is 1. The summed E-state index contributed by atoms with van der Waals surface area (Å²) in [6, 6.07) is 16.8. The summed E-state index contributed by atoms with van der Waals surface area (Å²) in [7, 11) is 0. The van der Waals surface area contributed by atoms with Gasteiger partial charge in [0, 0.05) is 36.6 Å². The van der Waals surface area contributed by atoms with Gasteiger partial charge in [0.1, 0.15) is 17.8 Å². The summed E-state index contributed by atoms with van der Waals surface area (Å²) in [6.45, 7) is 2.27. The largest absolute Gasteiger partial charge is 0.326 e. The lowest BCUT2D eigenvalue weighted by Gasteiger charge is -2.18. The van der Waals surface area contributed by atoms with E-state index in [9.17, 15) is 9.59 Å². The van der Waals surface area contributed by atoms with E-state index in [2.05, 4.69) is 37.6 Å². The van der Waals surface area contributed by atoms with Crippen molar-refractivity contribution in [2.24, 2.45) is 0 Å². The predicted molar refractivity (Wildman–Crippen MR) is 108 cm³/mol. The van der Waals surface area contributed by atoms with Crippen molar-refractivity contribution in [2.45, 2.75) is 13.3 Å². The molecule has 0 aliphatic carbocycles. The van der Waals surface area contributed by atoms with Crippen LogP contribution in [0.4, 0.5) is 22.9 Å². The third-order valence-corrected chi connectivity index (χ3v) is 4.51. The van der Waals surface area contributed by atoms with E-state index in [1.165, 1.54) is 18.8 Å². The number of nitrogens with one attached hydrogen (secondary N) is 2. The Morgan fingerprint density at radius 2 is 1.68 bits per heavy atom. The molecule has 2 amide bonds. The average Bonchev–Trinajstić information content (AvgIpc) is 3.13. The van der Waals surface area contributed by atoms with Crippen LogP contribution >= 0.6 is 0 Å². The molecule has 1 aliphatic heterocycles. The fourth-order valence-corrected chi connectivity index (χ4v) is 3.23. The minimum absolute atomic E-state index is 0.145. The molecule has 0 fully saturated rings. The maximum atomic E-state index is 12.6. The Morgan fingerprint density at radius 3 is 2.43 bits per heavy atom. The summed E-state index contributed by atoms with van der Waals surface area (Å²) < 4.78 is 0. The second kappa shape index (κ2) is 7.48. The number of amides is 2. The minimum Gasteiger partial charge on any atom is -0.326 e. The summed E-state index contributed by atoms with van der Waals surface area (Å²) in [6.07, 6.45) is 2.35. The SMILES string of the molecule is CC(=O)Nc1ccc(NC(=O)c2cc(N3CCc4ccccc43)ncn2)cc1. The normalized spacial score (nSPS) is 12.4. The highest BCUT2D eigenvalue weighted by Crippen LogP contribution is 2.33. The Morgan fingerprint density at radius 1 is 0.964 bits per heavy atom. The lowest BCUT2D eigenvalue weighted by atomic mass is 10.2. The minimum atomic E-state index is -0.316. The first-order valence-electron chi connectivity index (χ1n) is 8.96. The van der Waals surface area contributed by atoms with E-state index in [0.717, 1.165) is 18.7 Å². The van der Waals surface area contributed by atoms with Gasteiger partial charge in [-0.25, -0.2) is 9.97 Å². The number of benzene rings is 2. The highest BCUT2D eigenvalue weighted by atomic mass is 16.2. The molecule has 0 spiro atoms. The van der Waals surface area contributed by atoms with Gasteiger partial charge >= 0.3 is 0 Å². The second-order valence-corrected chi connectivity index (χ2v) is 6.50. The number of hydrogen-bond acceptors (Lipinski definition) is 5. The van der Waals surface area contributed by atoms with Gasteiger partial charge in [-0.05, 0) is 42.3 Å². The van der Waals surface area contributed by atoms with Crippen LogP contribution in [0.15, 0.2) is 60.9 Å². The molecular weight excluding hydrogens is 354 g/mol. The zero-order chi connectivity index (χ0) is 19.5. The van der Waals surface area contributed by atoms with Crippen LogP contribution in [0.5, 0.6) is 0 Å². The second-order valence-electron chi connectivity index (χ2n) is 6.50. The summed E-state index contributed by atoms with van der Waals surface area (Å²) in [4.78, 5) is 34.2. The van der Waals surface area contributed by atoms with E-state index >= 15 is 0 Å². The maximum absolute atomic E-state index is 12.6. The number of carbonyl (C=O) groups excluding carboxylic acids is 2. The average molecular weight is 373 g/mol. The van der Waals surface area contributed by atoms with Crippen molar-refractivity contribution in [1.29, 1.82) is 0 Å². The monoisotopic (exact) mass is 373 g/mol. The first kappa shape index (κ1) is 17.7. The highest BCUT2D eigenvalue weighted by Gasteiger charge is 2.22. The van der Waals surface area contributed by atoms with Gasteiger partial charge in [0.15, 0.2) is 0 Å². The number of carbonyl (C=O) groups is 2. The smallest absolute Gasteiger partial charge is 0.274 e. The quantitative estimate of drug-likeness (QED) is 0.732. The van der Waals surface area contributed by atoms with E-state index in [-0.39, 0.29) is 11.8 Å². The van der Waals surface area contributed by atoms with Gasteiger partial charge in [-0.2, -0.15) is 0 Å². The van der Waals surface area contributed by atoms with Crippen LogP contribution in [0.2, 0.25) is 0 Å². The van der Waals surface area contributed by atoms with Crippen LogP contribution in [0, 0.1) is 0 Å². The molecule has 3 aromatic rings. The molecule has 0 unspecified atom stereocenters. The molecule has 2 N–H and O–H groups in total. The number of nitrogens with zero attached hydrogens (tertiary/aromatic N) is 3. The van der Waals surface area contributed by atoms with Crippen LogP contribution in [0.1, 0.15) is 23.0 Å². The zero-order valence-electron chi connectivity index (χ0n) is 15.3. The first-order chi connectivity index (χ1) is 13.6. The van der Waals surface area contributed by atoms with Gasteiger partial charge < -0.3 is 15.5 Å². The van der Waals surface area contributed by atoms with E-state index in [1.807, 2.05) is 12.1 Å². The lowest BCUT2D eigenvalue weighted by Crippen LogP contribution is -2.18. The molecule has 1 aliphatic rings. The van der Waals surface area contributed by atoms with Gasteiger partial charge in [-0.3, -0.25) is 9.59 Å². The number of anilines is 4. The summed E-state index contributed by atoms with van der Waals surface area (Å²) in [5.74, 6) is 0.239. The Kier molecular flexibility index (Phi) is 4.72. The van der Waals surface area contributed by atoms with Gasteiger partial charge in [0.25, 0.3) is 5.91 Å². The van der Waals surface area contributed by atoms with Crippen molar-refractivity contribution < 1.29 is 9.59 Å².